The van der Waals surface area contributed by atoms with Crippen molar-refractivity contribution < 1.29 is 14.3 Å². The van der Waals surface area contributed by atoms with Crippen molar-refractivity contribution in [2.45, 2.75) is 12.5 Å². The van der Waals surface area contributed by atoms with Gasteiger partial charge in [-0.2, -0.15) is 0 Å². The van der Waals surface area contributed by atoms with Crippen LogP contribution in [-0.2, 0) is 16.0 Å². The quantitative estimate of drug-likeness (QED) is 0.632. The summed E-state index contributed by atoms with van der Waals surface area (Å²) in [5.41, 5.74) is 2.84. The Morgan fingerprint density at radius 1 is 1.09 bits per heavy atom. The van der Waals surface area contributed by atoms with Gasteiger partial charge in [0.05, 0.1) is 7.11 Å². The lowest BCUT2D eigenvalue weighted by molar-refractivity contribution is -0.139. The molecular formula is C19H16O3S. The van der Waals surface area contributed by atoms with Crippen LogP contribution in [0.25, 0.3) is 0 Å². The number of carbonyl (C=O) groups excluding carboxylic acids is 1. The van der Waals surface area contributed by atoms with Crippen LogP contribution in [0.1, 0.15) is 17.2 Å². The standard InChI is InChI=1S/C19H16O3S/c1-21-16-9-7-13(8-10-16)11-15-12-17(22-19(20)18(15)23)14-5-3-2-4-6-14/h2-10,12,17H,11H2,1H3. The third-order valence-electron chi connectivity index (χ3n) is 3.75. The molecule has 2 aromatic rings. The predicted molar refractivity (Wildman–Crippen MR) is 92.7 cm³/mol. The fraction of sp³-hybridized carbons (Fsp3) is 0.158. The first-order valence-corrected chi connectivity index (χ1v) is 7.72. The summed E-state index contributed by atoms with van der Waals surface area (Å²) in [5, 5.41) is 0. The molecule has 0 spiro atoms. The minimum absolute atomic E-state index is 0.257. The number of hydrogen-bond acceptors (Lipinski definition) is 4. The van der Waals surface area contributed by atoms with Crippen molar-refractivity contribution in [2.24, 2.45) is 0 Å². The first-order chi connectivity index (χ1) is 11.2. The summed E-state index contributed by atoms with van der Waals surface area (Å²) in [4.78, 5) is 12.3. The van der Waals surface area contributed by atoms with Gasteiger partial charge in [0.1, 0.15) is 16.7 Å². The molecule has 0 bridgehead atoms. The van der Waals surface area contributed by atoms with E-state index >= 15 is 0 Å². The van der Waals surface area contributed by atoms with E-state index in [1.165, 1.54) is 0 Å². The second-order valence-electron chi connectivity index (χ2n) is 5.28. The fourth-order valence-corrected chi connectivity index (χ4v) is 2.69. The van der Waals surface area contributed by atoms with Gasteiger partial charge in [-0.05, 0) is 41.3 Å². The molecule has 3 nitrogen and oxygen atoms in total. The Kier molecular flexibility index (Phi) is 4.53. The Labute approximate surface area is 140 Å². The van der Waals surface area contributed by atoms with Crippen molar-refractivity contribution in [1.82, 2.24) is 0 Å². The maximum atomic E-state index is 12.1. The third-order valence-corrected chi connectivity index (χ3v) is 4.17. The molecule has 1 aliphatic rings. The monoisotopic (exact) mass is 324 g/mol. The molecule has 2 aromatic carbocycles. The molecule has 0 aliphatic carbocycles. The molecule has 116 valence electrons. The van der Waals surface area contributed by atoms with E-state index < -0.39 is 5.97 Å². The zero-order chi connectivity index (χ0) is 16.2. The summed E-state index contributed by atoms with van der Waals surface area (Å²) < 4.78 is 10.6. The first kappa shape index (κ1) is 15.4. The van der Waals surface area contributed by atoms with Gasteiger partial charge in [-0.25, -0.2) is 4.79 Å². The Morgan fingerprint density at radius 3 is 2.43 bits per heavy atom. The zero-order valence-corrected chi connectivity index (χ0v) is 13.5. The van der Waals surface area contributed by atoms with Crippen LogP contribution >= 0.6 is 12.2 Å². The van der Waals surface area contributed by atoms with Crippen molar-refractivity contribution in [3.63, 3.8) is 0 Å². The average Bonchev–Trinajstić information content (AvgIpc) is 2.60. The molecule has 23 heavy (non-hydrogen) atoms. The lowest BCUT2D eigenvalue weighted by Gasteiger charge is -2.22. The molecule has 0 saturated carbocycles. The van der Waals surface area contributed by atoms with E-state index in [4.69, 9.17) is 21.7 Å². The SMILES string of the molecule is COc1ccc(CC2=CC(c3ccccc3)OC(=O)C2=S)cc1. The van der Waals surface area contributed by atoms with E-state index in [1.54, 1.807) is 7.11 Å². The number of carbonyl (C=O) groups is 1. The second-order valence-corrected chi connectivity index (χ2v) is 5.69. The average molecular weight is 324 g/mol. The van der Waals surface area contributed by atoms with Crippen molar-refractivity contribution >= 4 is 23.1 Å². The Bertz CT molecular complexity index is 748. The first-order valence-electron chi connectivity index (χ1n) is 7.31. The molecule has 0 fully saturated rings. The van der Waals surface area contributed by atoms with E-state index in [9.17, 15) is 4.79 Å². The van der Waals surface area contributed by atoms with Crippen LogP contribution in [0, 0.1) is 0 Å². The third kappa shape index (κ3) is 3.48. The normalized spacial score (nSPS) is 17.4. The van der Waals surface area contributed by atoms with E-state index in [0.29, 0.717) is 6.42 Å². The predicted octanol–water partition coefficient (Wildman–Crippen LogP) is 3.83. The van der Waals surface area contributed by atoms with Crippen LogP contribution in [0.3, 0.4) is 0 Å². The largest absolute Gasteiger partial charge is 0.497 e. The number of rotatable bonds is 4. The van der Waals surface area contributed by atoms with Crippen molar-refractivity contribution in [2.75, 3.05) is 7.11 Å². The van der Waals surface area contributed by atoms with Crippen molar-refractivity contribution in [3.8, 4) is 5.75 Å². The van der Waals surface area contributed by atoms with Gasteiger partial charge in [0, 0.05) is 0 Å². The van der Waals surface area contributed by atoms with Crippen LogP contribution < -0.4 is 4.74 Å². The topological polar surface area (TPSA) is 35.5 Å². The van der Waals surface area contributed by atoms with Gasteiger partial charge in [-0.1, -0.05) is 54.7 Å². The fourth-order valence-electron chi connectivity index (χ4n) is 2.50. The molecule has 0 amide bonds. The number of esters is 1. The lowest BCUT2D eigenvalue weighted by Crippen LogP contribution is -2.26. The van der Waals surface area contributed by atoms with Gasteiger partial charge in [-0.3, -0.25) is 0 Å². The van der Waals surface area contributed by atoms with Gasteiger partial charge in [0.25, 0.3) is 0 Å². The maximum Gasteiger partial charge on any atom is 0.350 e. The van der Waals surface area contributed by atoms with Crippen LogP contribution in [0.4, 0.5) is 0 Å². The Balaban J connectivity index is 1.86. The summed E-state index contributed by atoms with van der Waals surface area (Å²) in [5.74, 6) is 0.371. The van der Waals surface area contributed by atoms with E-state index in [2.05, 4.69) is 0 Å². The number of hydrogen-bond donors (Lipinski definition) is 0. The highest BCUT2D eigenvalue weighted by Gasteiger charge is 2.27. The van der Waals surface area contributed by atoms with Crippen LogP contribution in [-0.4, -0.2) is 17.9 Å². The Morgan fingerprint density at radius 2 is 1.78 bits per heavy atom. The van der Waals surface area contributed by atoms with Gasteiger partial charge in [0.2, 0.25) is 0 Å². The van der Waals surface area contributed by atoms with Crippen LogP contribution in [0.5, 0.6) is 5.75 Å². The molecule has 0 aromatic heterocycles. The number of methoxy groups -OCH3 is 1. The van der Waals surface area contributed by atoms with Gasteiger partial charge >= 0.3 is 5.97 Å². The summed E-state index contributed by atoms with van der Waals surface area (Å²) in [6, 6.07) is 17.4. The number of benzene rings is 2. The highest BCUT2D eigenvalue weighted by molar-refractivity contribution is 7.82. The molecule has 1 aliphatic heterocycles. The molecule has 0 radical (unpaired) electrons. The van der Waals surface area contributed by atoms with Crippen molar-refractivity contribution in [1.29, 1.82) is 0 Å². The number of ether oxygens (including phenoxy) is 2. The molecule has 4 heteroatoms. The molecule has 1 heterocycles. The minimum atomic E-state index is -0.431. The van der Waals surface area contributed by atoms with E-state index in [0.717, 1.165) is 22.4 Å². The van der Waals surface area contributed by atoms with Gasteiger partial charge in [0.15, 0.2) is 0 Å². The molecule has 1 atom stereocenters. The molecular weight excluding hydrogens is 308 g/mol. The van der Waals surface area contributed by atoms with Crippen LogP contribution in [0.2, 0.25) is 0 Å². The summed E-state index contributed by atoms with van der Waals surface area (Å²) in [7, 11) is 1.63. The maximum absolute atomic E-state index is 12.1. The summed E-state index contributed by atoms with van der Waals surface area (Å²) in [6.45, 7) is 0. The highest BCUT2D eigenvalue weighted by atomic mass is 32.1. The lowest BCUT2D eigenvalue weighted by atomic mass is 9.96. The highest BCUT2D eigenvalue weighted by Crippen LogP contribution is 2.28. The minimum Gasteiger partial charge on any atom is -0.497 e. The molecule has 0 N–H and O–H groups in total. The number of thiocarbonyl (C=S) groups is 1. The van der Waals surface area contributed by atoms with Gasteiger partial charge < -0.3 is 9.47 Å². The molecule has 1 unspecified atom stereocenters. The second kappa shape index (κ2) is 6.75. The van der Waals surface area contributed by atoms with Crippen LogP contribution in [0.15, 0.2) is 66.2 Å². The van der Waals surface area contributed by atoms with Crippen molar-refractivity contribution in [3.05, 3.63) is 77.4 Å². The summed E-state index contributed by atoms with van der Waals surface area (Å²) >= 11 is 5.23. The van der Waals surface area contributed by atoms with E-state index in [-0.39, 0.29) is 11.0 Å². The zero-order valence-electron chi connectivity index (χ0n) is 12.7. The smallest absolute Gasteiger partial charge is 0.350 e. The molecule has 0 saturated heterocycles. The molecule has 3 rings (SSSR count). The van der Waals surface area contributed by atoms with Gasteiger partial charge in [-0.15, -0.1) is 0 Å². The summed E-state index contributed by atoms with van der Waals surface area (Å²) in [6.07, 6.45) is 2.15. The van der Waals surface area contributed by atoms with E-state index in [1.807, 2.05) is 60.7 Å². The Hall–Kier alpha value is -2.46. The number of cyclic esters (lactones) is 1.